The average Bonchev–Trinajstić information content (AvgIpc) is 2.47. The van der Waals surface area contributed by atoms with Gasteiger partial charge < -0.3 is 10.1 Å². The van der Waals surface area contributed by atoms with Crippen molar-refractivity contribution in [2.45, 2.75) is 26.8 Å². The zero-order valence-corrected chi connectivity index (χ0v) is 14.1. The number of nitrogens with one attached hydrogen (secondary N) is 1. The third-order valence-corrected chi connectivity index (χ3v) is 3.92. The van der Waals surface area contributed by atoms with E-state index in [2.05, 4.69) is 18.0 Å². The first-order valence-electron chi connectivity index (χ1n) is 6.93. The van der Waals surface area contributed by atoms with Crippen LogP contribution in [0, 0.1) is 22.7 Å². The summed E-state index contributed by atoms with van der Waals surface area (Å²) in [5, 5.41) is 12.7. The molecule has 0 saturated heterocycles. The Balaban J connectivity index is 2.97. The van der Waals surface area contributed by atoms with Gasteiger partial charge in [-0.05, 0) is 19.1 Å². The highest BCUT2D eigenvalue weighted by atomic mass is 35.5. The molecule has 1 aromatic rings. The summed E-state index contributed by atoms with van der Waals surface area (Å²) in [7, 11) is 1.54. The van der Waals surface area contributed by atoms with Crippen LogP contribution in [0.3, 0.4) is 0 Å². The highest BCUT2D eigenvalue weighted by molar-refractivity contribution is 6.30. The van der Waals surface area contributed by atoms with Crippen LogP contribution in [0.4, 0.5) is 0 Å². The second-order valence-corrected chi connectivity index (χ2v) is 6.14. The van der Waals surface area contributed by atoms with E-state index in [-0.39, 0.29) is 11.9 Å². The molecule has 0 saturated carbocycles. The van der Waals surface area contributed by atoms with Crippen molar-refractivity contribution in [3.05, 3.63) is 41.4 Å². The Morgan fingerprint density at radius 2 is 2.18 bits per heavy atom. The second kappa shape index (κ2) is 7.33. The van der Waals surface area contributed by atoms with Crippen LogP contribution in [0.1, 0.15) is 32.4 Å². The molecule has 22 heavy (non-hydrogen) atoms. The monoisotopic (exact) mass is 320 g/mol. The van der Waals surface area contributed by atoms with Gasteiger partial charge in [0, 0.05) is 16.0 Å². The fraction of sp³-hybridized carbons (Fsp3) is 0.412. The Bertz CT molecular complexity index is 605. The molecule has 1 N–H and O–H groups in total. The van der Waals surface area contributed by atoms with Crippen LogP contribution >= 0.6 is 11.6 Å². The molecule has 4 nitrogen and oxygen atoms in total. The Kier molecular flexibility index (Phi) is 6.01. The van der Waals surface area contributed by atoms with E-state index in [0.717, 1.165) is 5.56 Å². The summed E-state index contributed by atoms with van der Waals surface area (Å²) in [6.45, 7) is 9.14. The maximum absolute atomic E-state index is 12.4. The highest BCUT2D eigenvalue weighted by Gasteiger charge is 2.33. The molecular weight excluding hydrogens is 300 g/mol. The molecule has 0 fully saturated rings. The third kappa shape index (κ3) is 4.02. The highest BCUT2D eigenvalue weighted by Crippen LogP contribution is 2.31. The zero-order chi connectivity index (χ0) is 16.9. The number of ether oxygens (including phenoxy) is 1. The SMILES string of the molecule is C=CC(C)(C)C(C#N)C(=O)NC(C)c1ccc(Cl)cc1OC. The molecule has 2 atom stereocenters. The number of hydrogen-bond donors (Lipinski definition) is 1. The first-order valence-corrected chi connectivity index (χ1v) is 7.31. The van der Waals surface area contributed by atoms with Crippen molar-refractivity contribution < 1.29 is 9.53 Å². The van der Waals surface area contributed by atoms with Crippen LogP contribution in [-0.4, -0.2) is 13.0 Å². The first-order chi connectivity index (χ1) is 10.3. The van der Waals surface area contributed by atoms with Gasteiger partial charge in [0.05, 0.1) is 19.2 Å². The van der Waals surface area contributed by atoms with E-state index in [1.807, 2.05) is 6.92 Å². The van der Waals surface area contributed by atoms with E-state index in [4.69, 9.17) is 16.3 Å². The summed E-state index contributed by atoms with van der Waals surface area (Å²) < 4.78 is 5.29. The number of carbonyl (C=O) groups excluding carboxylic acids is 1. The number of nitriles is 1. The van der Waals surface area contributed by atoms with Crippen molar-refractivity contribution in [3.63, 3.8) is 0 Å². The number of allylic oxidation sites excluding steroid dienone is 1. The molecule has 0 aromatic heterocycles. The van der Waals surface area contributed by atoms with Gasteiger partial charge in [-0.3, -0.25) is 4.79 Å². The van der Waals surface area contributed by atoms with Crippen molar-refractivity contribution in [1.82, 2.24) is 5.32 Å². The molecule has 1 aromatic carbocycles. The standard InChI is InChI=1S/C17H21ClN2O2/c1-6-17(3,4)14(10-19)16(21)20-11(2)13-8-7-12(18)9-15(13)22-5/h6-9,11,14H,1H2,2-5H3,(H,20,21). The van der Waals surface area contributed by atoms with E-state index in [9.17, 15) is 10.1 Å². The summed E-state index contributed by atoms with van der Waals surface area (Å²) in [5.41, 5.74) is 0.191. The molecule has 0 radical (unpaired) electrons. The third-order valence-electron chi connectivity index (χ3n) is 3.68. The number of carbonyl (C=O) groups is 1. The topological polar surface area (TPSA) is 62.1 Å². The fourth-order valence-corrected chi connectivity index (χ4v) is 2.26. The number of amides is 1. The van der Waals surface area contributed by atoms with Crippen LogP contribution in [0.2, 0.25) is 5.02 Å². The van der Waals surface area contributed by atoms with Gasteiger partial charge in [0.2, 0.25) is 5.91 Å². The molecule has 2 unspecified atom stereocenters. The molecular formula is C17H21ClN2O2. The summed E-state index contributed by atoms with van der Waals surface area (Å²) in [4.78, 5) is 12.4. The zero-order valence-electron chi connectivity index (χ0n) is 13.3. The lowest BCUT2D eigenvalue weighted by Gasteiger charge is -2.26. The molecule has 0 aliphatic rings. The van der Waals surface area contributed by atoms with E-state index in [1.165, 1.54) is 0 Å². The van der Waals surface area contributed by atoms with Gasteiger partial charge in [-0.25, -0.2) is 0 Å². The molecule has 0 aliphatic heterocycles. The minimum absolute atomic E-state index is 0.309. The smallest absolute Gasteiger partial charge is 0.238 e. The van der Waals surface area contributed by atoms with E-state index >= 15 is 0 Å². The maximum Gasteiger partial charge on any atom is 0.238 e. The van der Waals surface area contributed by atoms with Gasteiger partial charge in [-0.1, -0.05) is 37.6 Å². The maximum atomic E-state index is 12.4. The Hall–Kier alpha value is -1.99. The molecule has 0 heterocycles. The molecule has 5 heteroatoms. The van der Waals surface area contributed by atoms with E-state index in [1.54, 1.807) is 45.2 Å². The number of benzene rings is 1. The first kappa shape index (κ1) is 18.1. The number of hydrogen-bond acceptors (Lipinski definition) is 3. The van der Waals surface area contributed by atoms with Crippen molar-refractivity contribution in [2.75, 3.05) is 7.11 Å². The van der Waals surface area contributed by atoms with Gasteiger partial charge in [0.15, 0.2) is 0 Å². The van der Waals surface area contributed by atoms with Crippen molar-refractivity contribution >= 4 is 17.5 Å². The Labute approximate surface area is 136 Å². The molecule has 0 bridgehead atoms. The number of rotatable bonds is 6. The minimum Gasteiger partial charge on any atom is -0.496 e. The number of nitrogens with zero attached hydrogens (tertiary/aromatic N) is 1. The normalized spacial score (nSPS) is 13.6. The lowest BCUT2D eigenvalue weighted by atomic mass is 9.79. The van der Waals surface area contributed by atoms with Crippen LogP contribution in [-0.2, 0) is 4.79 Å². The van der Waals surface area contributed by atoms with Gasteiger partial charge in [0.25, 0.3) is 0 Å². The van der Waals surface area contributed by atoms with Gasteiger partial charge >= 0.3 is 0 Å². The predicted molar refractivity (Wildman–Crippen MR) is 87.6 cm³/mol. The number of halogens is 1. The minimum atomic E-state index is -0.814. The second-order valence-electron chi connectivity index (χ2n) is 5.70. The fourth-order valence-electron chi connectivity index (χ4n) is 2.10. The van der Waals surface area contributed by atoms with Crippen molar-refractivity contribution in [1.29, 1.82) is 5.26 Å². The lowest BCUT2D eigenvalue weighted by molar-refractivity contribution is -0.126. The predicted octanol–water partition coefficient (Wildman–Crippen LogP) is 3.88. The van der Waals surface area contributed by atoms with Gasteiger partial charge in [-0.2, -0.15) is 5.26 Å². The van der Waals surface area contributed by atoms with Gasteiger partial charge in [0.1, 0.15) is 11.7 Å². The van der Waals surface area contributed by atoms with Crippen LogP contribution in [0.25, 0.3) is 0 Å². The summed E-state index contributed by atoms with van der Waals surface area (Å²) in [5.74, 6) is -0.556. The van der Waals surface area contributed by atoms with Crippen LogP contribution < -0.4 is 10.1 Å². The molecule has 1 rings (SSSR count). The Morgan fingerprint density at radius 3 is 2.68 bits per heavy atom. The molecule has 0 spiro atoms. The molecule has 118 valence electrons. The quantitative estimate of drug-likeness (QED) is 0.809. The van der Waals surface area contributed by atoms with Crippen molar-refractivity contribution in [2.24, 2.45) is 11.3 Å². The largest absolute Gasteiger partial charge is 0.496 e. The van der Waals surface area contributed by atoms with Gasteiger partial charge in [-0.15, -0.1) is 6.58 Å². The number of methoxy groups -OCH3 is 1. The lowest BCUT2D eigenvalue weighted by Crippen LogP contribution is -2.38. The van der Waals surface area contributed by atoms with E-state index in [0.29, 0.717) is 10.8 Å². The summed E-state index contributed by atoms with van der Waals surface area (Å²) in [6.07, 6.45) is 1.62. The van der Waals surface area contributed by atoms with Crippen molar-refractivity contribution in [3.8, 4) is 11.8 Å². The molecule has 0 aliphatic carbocycles. The summed E-state index contributed by atoms with van der Waals surface area (Å²) in [6, 6.07) is 6.96. The van der Waals surface area contributed by atoms with Crippen LogP contribution in [0.15, 0.2) is 30.9 Å². The Morgan fingerprint density at radius 1 is 1.55 bits per heavy atom. The molecule has 1 amide bonds. The van der Waals surface area contributed by atoms with E-state index < -0.39 is 11.3 Å². The van der Waals surface area contributed by atoms with Crippen LogP contribution in [0.5, 0.6) is 5.75 Å². The summed E-state index contributed by atoms with van der Waals surface area (Å²) >= 11 is 5.94. The average molecular weight is 321 g/mol.